The number of nitrogens with one attached hydrogen (secondary N) is 2. The molecule has 0 spiro atoms. The third-order valence-corrected chi connectivity index (χ3v) is 3.37. The van der Waals surface area contributed by atoms with Gasteiger partial charge < -0.3 is 20.3 Å². The summed E-state index contributed by atoms with van der Waals surface area (Å²) in [6.45, 7) is 2.23. The largest absolute Gasteiger partial charge is 0.453 e. The lowest BCUT2D eigenvalue weighted by molar-refractivity contribution is -0.132. The highest BCUT2D eigenvalue weighted by Gasteiger charge is 2.32. The summed E-state index contributed by atoms with van der Waals surface area (Å²) in [5, 5.41) is 5.93. The van der Waals surface area contributed by atoms with Crippen molar-refractivity contribution in [2.24, 2.45) is 0 Å². The lowest BCUT2D eigenvalue weighted by Crippen LogP contribution is -2.44. The van der Waals surface area contributed by atoms with Gasteiger partial charge in [-0.3, -0.25) is 4.79 Å². The standard InChI is InChI=1S/C11H19N3O3/c1-17-11(16)13-8-4-6-14(7-8)10(15)9-3-2-5-12-9/h8-9,12H,2-7H2,1H3,(H,13,16)/t8?,9-/m1/s1. The Morgan fingerprint density at radius 2 is 2.24 bits per heavy atom. The number of carbonyl (C=O) groups excluding carboxylic acids is 2. The number of methoxy groups -OCH3 is 1. The number of ether oxygens (including phenoxy) is 1. The summed E-state index contributed by atoms with van der Waals surface area (Å²) in [6.07, 6.45) is 2.36. The van der Waals surface area contributed by atoms with E-state index in [1.807, 2.05) is 4.90 Å². The van der Waals surface area contributed by atoms with Crippen LogP contribution in [0.1, 0.15) is 19.3 Å². The molecule has 0 radical (unpaired) electrons. The molecule has 96 valence electrons. The Morgan fingerprint density at radius 1 is 1.41 bits per heavy atom. The monoisotopic (exact) mass is 241 g/mol. The van der Waals surface area contributed by atoms with Crippen LogP contribution < -0.4 is 10.6 Å². The zero-order chi connectivity index (χ0) is 12.3. The van der Waals surface area contributed by atoms with Crippen molar-refractivity contribution in [2.75, 3.05) is 26.7 Å². The number of rotatable bonds is 2. The smallest absolute Gasteiger partial charge is 0.407 e. The first kappa shape index (κ1) is 12.2. The van der Waals surface area contributed by atoms with E-state index in [9.17, 15) is 9.59 Å². The van der Waals surface area contributed by atoms with Gasteiger partial charge >= 0.3 is 6.09 Å². The number of nitrogens with zero attached hydrogens (tertiary/aromatic N) is 1. The molecule has 2 saturated heterocycles. The lowest BCUT2D eigenvalue weighted by atomic mass is 10.2. The van der Waals surface area contributed by atoms with Crippen molar-refractivity contribution in [1.82, 2.24) is 15.5 Å². The van der Waals surface area contributed by atoms with Crippen LogP contribution in [-0.4, -0.2) is 55.7 Å². The van der Waals surface area contributed by atoms with Gasteiger partial charge in [-0.1, -0.05) is 0 Å². The Morgan fingerprint density at radius 3 is 2.88 bits per heavy atom. The zero-order valence-electron chi connectivity index (χ0n) is 10.1. The number of hydrogen-bond acceptors (Lipinski definition) is 4. The van der Waals surface area contributed by atoms with Crippen molar-refractivity contribution in [1.29, 1.82) is 0 Å². The highest BCUT2D eigenvalue weighted by Crippen LogP contribution is 2.14. The molecular formula is C11H19N3O3. The molecule has 2 aliphatic heterocycles. The van der Waals surface area contributed by atoms with E-state index in [1.165, 1.54) is 7.11 Å². The van der Waals surface area contributed by atoms with Crippen LogP contribution in [-0.2, 0) is 9.53 Å². The van der Waals surface area contributed by atoms with Crippen molar-refractivity contribution in [3.8, 4) is 0 Å². The van der Waals surface area contributed by atoms with Crippen LogP contribution in [0.5, 0.6) is 0 Å². The van der Waals surface area contributed by atoms with Crippen molar-refractivity contribution >= 4 is 12.0 Å². The Balaban J connectivity index is 1.80. The van der Waals surface area contributed by atoms with Gasteiger partial charge in [0.2, 0.25) is 5.91 Å². The average Bonchev–Trinajstić information content (AvgIpc) is 2.98. The maximum absolute atomic E-state index is 12.1. The van der Waals surface area contributed by atoms with E-state index >= 15 is 0 Å². The number of hydrogen-bond donors (Lipinski definition) is 2. The Kier molecular flexibility index (Phi) is 3.83. The Bertz CT molecular complexity index is 302. The van der Waals surface area contributed by atoms with Crippen molar-refractivity contribution < 1.29 is 14.3 Å². The molecule has 1 unspecified atom stereocenters. The number of alkyl carbamates (subject to hydrolysis) is 1. The summed E-state index contributed by atoms with van der Waals surface area (Å²) >= 11 is 0. The summed E-state index contributed by atoms with van der Waals surface area (Å²) in [5.74, 6) is 0.164. The normalized spacial score (nSPS) is 28.2. The molecule has 2 fully saturated rings. The van der Waals surface area contributed by atoms with Gasteiger partial charge in [0.15, 0.2) is 0 Å². The van der Waals surface area contributed by atoms with E-state index in [-0.39, 0.29) is 18.0 Å². The molecule has 6 heteroatoms. The quantitative estimate of drug-likeness (QED) is 0.696. The molecule has 2 heterocycles. The fourth-order valence-corrected chi connectivity index (χ4v) is 2.42. The second-order valence-electron chi connectivity index (χ2n) is 4.55. The fraction of sp³-hybridized carbons (Fsp3) is 0.818. The summed E-state index contributed by atoms with van der Waals surface area (Å²) in [7, 11) is 1.34. The van der Waals surface area contributed by atoms with Gasteiger partial charge in [0.1, 0.15) is 0 Å². The fourth-order valence-electron chi connectivity index (χ4n) is 2.42. The van der Waals surface area contributed by atoms with E-state index in [1.54, 1.807) is 0 Å². The molecule has 0 aromatic carbocycles. The van der Waals surface area contributed by atoms with Crippen molar-refractivity contribution in [2.45, 2.75) is 31.3 Å². The maximum atomic E-state index is 12.1. The van der Waals surface area contributed by atoms with Crippen molar-refractivity contribution in [3.05, 3.63) is 0 Å². The lowest BCUT2D eigenvalue weighted by Gasteiger charge is -2.20. The number of amides is 2. The van der Waals surface area contributed by atoms with E-state index < -0.39 is 6.09 Å². The SMILES string of the molecule is COC(=O)NC1CCN(C(=O)[C@H]2CCCN2)C1. The Labute approximate surface area is 101 Å². The van der Waals surface area contributed by atoms with Gasteiger partial charge in [-0.2, -0.15) is 0 Å². The van der Waals surface area contributed by atoms with Gasteiger partial charge in [-0.05, 0) is 25.8 Å². The molecule has 0 aromatic heterocycles. The number of carbonyl (C=O) groups is 2. The molecule has 0 bridgehead atoms. The van der Waals surface area contributed by atoms with Gasteiger partial charge in [0.05, 0.1) is 19.2 Å². The van der Waals surface area contributed by atoms with Crippen molar-refractivity contribution in [3.63, 3.8) is 0 Å². The molecule has 0 aromatic rings. The molecule has 2 rings (SSSR count). The summed E-state index contributed by atoms with van der Waals surface area (Å²) in [4.78, 5) is 24.9. The minimum Gasteiger partial charge on any atom is -0.453 e. The second-order valence-corrected chi connectivity index (χ2v) is 4.55. The van der Waals surface area contributed by atoms with E-state index in [2.05, 4.69) is 15.4 Å². The molecule has 17 heavy (non-hydrogen) atoms. The first-order valence-corrected chi connectivity index (χ1v) is 6.07. The zero-order valence-corrected chi connectivity index (χ0v) is 10.1. The molecule has 2 aliphatic rings. The third kappa shape index (κ3) is 2.88. The van der Waals surface area contributed by atoms with Crippen LogP contribution in [0, 0.1) is 0 Å². The minimum absolute atomic E-state index is 0.0211. The van der Waals surface area contributed by atoms with Gasteiger partial charge in [0.25, 0.3) is 0 Å². The van der Waals surface area contributed by atoms with Crippen LogP contribution in [0.3, 0.4) is 0 Å². The van der Waals surface area contributed by atoms with Crippen LogP contribution in [0.2, 0.25) is 0 Å². The highest BCUT2D eigenvalue weighted by molar-refractivity contribution is 5.82. The van der Waals surface area contributed by atoms with Gasteiger partial charge in [-0.25, -0.2) is 4.79 Å². The van der Waals surface area contributed by atoms with Crippen LogP contribution >= 0.6 is 0 Å². The molecule has 2 amide bonds. The average molecular weight is 241 g/mol. The summed E-state index contributed by atoms with van der Waals surface area (Å²) in [5.41, 5.74) is 0. The summed E-state index contributed by atoms with van der Waals surface area (Å²) in [6, 6.07) is -0.000297. The van der Waals surface area contributed by atoms with E-state index in [4.69, 9.17) is 0 Å². The van der Waals surface area contributed by atoms with E-state index in [0.717, 1.165) is 25.8 Å². The second kappa shape index (κ2) is 5.35. The first-order chi connectivity index (χ1) is 8.20. The van der Waals surface area contributed by atoms with Crippen LogP contribution in [0.15, 0.2) is 0 Å². The van der Waals surface area contributed by atoms with Crippen LogP contribution in [0.4, 0.5) is 4.79 Å². The summed E-state index contributed by atoms with van der Waals surface area (Å²) < 4.78 is 4.54. The molecular weight excluding hydrogens is 222 g/mol. The molecule has 0 saturated carbocycles. The minimum atomic E-state index is -0.428. The Hall–Kier alpha value is -1.30. The predicted octanol–water partition coefficient (Wildman–Crippen LogP) is -0.305. The molecule has 0 aliphatic carbocycles. The molecule has 2 atom stereocenters. The number of likely N-dealkylation sites (tertiary alicyclic amines) is 1. The maximum Gasteiger partial charge on any atom is 0.407 e. The molecule has 2 N–H and O–H groups in total. The highest BCUT2D eigenvalue weighted by atomic mass is 16.5. The van der Waals surface area contributed by atoms with E-state index in [0.29, 0.717) is 13.1 Å². The van der Waals surface area contributed by atoms with Crippen LogP contribution in [0.25, 0.3) is 0 Å². The molecule has 6 nitrogen and oxygen atoms in total. The predicted molar refractivity (Wildman–Crippen MR) is 61.6 cm³/mol. The first-order valence-electron chi connectivity index (χ1n) is 6.07. The topological polar surface area (TPSA) is 70.7 Å². The third-order valence-electron chi connectivity index (χ3n) is 3.37. The van der Waals surface area contributed by atoms with Gasteiger partial charge in [0, 0.05) is 13.1 Å². The van der Waals surface area contributed by atoms with Gasteiger partial charge in [-0.15, -0.1) is 0 Å².